The highest BCUT2D eigenvalue weighted by atomic mass is 32.2. The van der Waals surface area contributed by atoms with Crippen molar-refractivity contribution in [1.29, 1.82) is 0 Å². The Morgan fingerprint density at radius 2 is 1.73 bits per heavy atom. The third kappa shape index (κ3) is 6.83. The second-order valence-electron chi connectivity index (χ2n) is 7.36. The molecule has 0 aliphatic carbocycles. The van der Waals surface area contributed by atoms with E-state index in [1.54, 1.807) is 31.3 Å². The normalized spacial score (nSPS) is 15.4. The number of benzene rings is 1. The minimum atomic E-state index is -3.93. The van der Waals surface area contributed by atoms with Gasteiger partial charge in [-0.05, 0) is 5.56 Å². The van der Waals surface area contributed by atoms with Gasteiger partial charge in [-0.25, -0.2) is 16.8 Å². The molecule has 2 heterocycles. The minimum Gasteiger partial charge on any atom is -0.455 e. The molecule has 33 heavy (non-hydrogen) atoms. The van der Waals surface area contributed by atoms with Gasteiger partial charge < -0.3 is 9.64 Å². The number of esters is 1. The molecule has 0 atom stereocenters. The highest BCUT2D eigenvalue weighted by molar-refractivity contribution is 7.89. The van der Waals surface area contributed by atoms with Gasteiger partial charge in [0.1, 0.15) is 11.4 Å². The van der Waals surface area contributed by atoms with Gasteiger partial charge in [-0.2, -0.15) is 14.1 Å². The van der Waals surface area contributed by atoms with Gasteiger partial charge >= 0.3 is 5.97 Å². The maximum absolute atomic E-state index is 12.6. The summed E-state index contributed by atoms with van der Waals surface area (Å²) in [5.74, 6) is -1.52. The number of carbonyl (C=O) groups is 2. The Kier molecular flexibility index (Phi) is 7.84. The van der Waals surface area contributed by atoms with Crippen molar-refractivity contribution in [1.82, 2.24) is 23.7 Å². The molecule has 0 unspecified atom stereocenters. The van der Waals surface area contributed by atoms with Crippen LogP contribution in [0.3, 0.4) is 0 Å². The number of ether oxygens (including phenoxy) is 1. The van der Waals surface area contributed by atoms with Crippen molar-refractivity contribution < 1.29 is 31.2 Å². The van der Waals surface area contributed by atoms with E-state index < -0.39 is 45.1 Å². The molecule has 2 aromatic rings. The van der Waals surface area contributed by atoms with E-state index in [-0.39, 0.29) is 36.8 Å². The Bertz CT molecular complexity index is 1190. The number of hydrogen-bond acceptors (Lipinski definition) is 8. The van der Waals surface area contributed by atoms with Crippen LogP contribution < -0.4 is 4.72 Å². The van der Waals surface area contributed by atoms with Crippen LogP contribution in [0.25, 0.3) is 0 Å². The lowest BCUT2D eigenvalue weighted by Crippen LogP contribution is -2.51. The van der Waals surface area contributed by atoms with Gasteiger partial charge in [0.25, 0.3) is 5.91 Å². The highest BCUT2D eigenvalue weighted by Gasteiger charge is 2.29. The summed E-state index contributed by atoms with van der Waals surface area (Å²) in [5.41, 5.74) is 0.682. The first-order valence-electron chi connectivity index (χ1n) is 10.0. The van der Waals surface area contributed by atoms with Gasteiger partial charge in [0.2, 0.25) is 20.0 Å². The monoisotopic (exact) mass is 499 g/mol. The summed E-state index contributed by atoms with van der Waals surface area (Å²) in [5, 5.41) is 3.75. The molecule has 1 N–H and O–H groups in total. The fraction of sp³-hybridized carbons (Fsp3) is 0.421. The lowest BCUT2D eigenvalue weighted by atomic mass is 10.2. The molecule has 1 aliphatic heterocycles. The van der Waals surface area contributed by atoms with Gasteiger partial charge in [-0.3, -0.25) is 14.3 Å². The standard InChI is InChI=1S/C19H25N5O7S2/c1-22-13-17(11-20-22)33(29,30)21-12-19(26)31-14-18(25)23-7-9-24(10-8-23)32(27,28)15-16-5-3-2-4-6-16/h2-6,11,13,21H,7-10,12,14-15H2,1H3. The molecule has 0 saturated carbocycles. The third-order valence-electron chi connectivity index (χ3n) is 4.93. The maximum atomic E-state index is 12.6. The fourth-order valence-electron chi connectivity index (χ4n) is 3.15. The van der Waals surface area contributed by atoms with Crippen molar-refractivity contribution >= 4 is 31.9 Å². The van der Waals surface area contributed by atoms with Crippen LogP contribution in [0.5, 0.6) is 0 Å². The molecule has 3 rings (SSSR count). The van der Waals surface area contributed by atoms with Gasteiger partial charge in [-0.15, -0.1) is 0 Å². The Hall–Kier alpha value is -2.81. The van der Waals surface area contributed by atoms with Crippen molar-refractivity contribution in [2.45, 2.75) is 10.6 Å². The van der Waals surface area contributed by atoms with Crippen LogP contribution in [-0.2, 0) is 47.2 Å². The molecule has 0 spiro atoms. The van der Waals surface area contributed by atoms with E-state index in [9.17, 15) is 26.4 Å². The second kappa shape index (κ2) is 10.4. The Labute approximate surface area is 192 Å². The zero-order valence-electron chi connectivity index (χ0n) is 18.0. The average molecular weight is 500 g/mol. The summed E-state index contributed by atoms with van der Waals surface area (Å²) in [6, 6.07) is 8.83. The number of carbonyl (C=O) groups excluding carboxylic acids is 2. The molecule has 180 valence electrons. The SMILES string of the molecule is Cn1cc(S(=O)(=O)NCC(=O)OCC(=O)N2CCN(S(=O)(=O)Cc3ccccc3)CC2)cn1. The lowest BCUT2D eigenvalue weighted by molar-refractivity contribution is -0.151. The van der Waals surface area contributed by atoms with Gasteiger partial charge in [0.05, 0.1) is 11.9 Å². The van der Waals surface area contributed by atoms with E-state index in [4.69, 9.17) is 4.74 Å². The number of nitrogens with one attached hydrogen (secondary N) is 1. The van der Waals surface area contributed by atoms with Crippen molar-refractivity contribution in [3.05, 3.63) is 48.3 Å². The second-order valence-corrected chi connectivity index (χ2v) is 11.1. The summed E-state index contributed by atoms with van der Waals surface area (Å²) >= 11 is 0. The van der Waals surface area contributed by atoms with Crippen molar-refractivity contribution in [2.24, 2.45) is 7.05 Å². The molecule has 14 heteroatoms. The molecule has 0 bridgehead atoms. The van der Waals surface area contributed by atoms with Gasteiger partial charge in [-0.1, -0.05) is 30.3 Å². The summed E-state index contributed by atoms with van der Waals surface area (Å²) in [6.45, 7) is -0.601. The molecule has 1 aliphatic rings. The Morgan fingerprint density at radius 1 is 1.06 bits per heavy atom. The molecule has 12 nitrogen and oxygen atoms in total. The van der Waals surface area contributed by atoms with Crippen LogP contribution in [0, 0.1) is 0 Å². The quantitative estimate of drug-likeness (QED) is 0.428. The first-order valence-corrected chi connectivity index (χ1v) is 13.1. The van der Waals surface area contributed by atoms with Crippen LogP contribution in [0.4, 0.5) is 0 Å². The summed E-state index contributed by atoms with van der Waals surface area (Å²) in [4.78, 5) is 25.5. The Morgan fingerprint density at radius 3 is 2.33 bits per heavy atom. The van der Waals surface area contributed by atoms with E-state index >= 15 is 0 Å². The van der Waals surface area contributed by atoms with Crippen LogP contribution >= 0.6 is 0 Å². The van der Waals surface area contributed by atoms with Crippen molar-refractivity contribution in [2.75, 3.05) is 39.3 Å². The number of aryl methyl sites for hydroxylation is 1. The summed E-state index contributed by atoms with van der Waals surface area (Å²) < 4.78 is 58.9. The number of hydrogen-bond donors (Lipinski definition) is 1. The number of sulfonamides is 2. The zero-order valence-corrected chi connectivity index (χ0v) is 19.6. The largest absolute Gasteiger partial charge is 0.455 e. The van der Waals surface area contributed by atoms with Crippen LogP contribution in [0.2, 0.25) is 0 Å². The third-order valence-corrected chi connectivity index (χ3v) is 8.14. The molecule has 1 amide bonds. The van der Waals surface area contributed by atoms with E-state index in [1.807, 2.05) is 6.07 Å². The smallest absolute Gasteiger partial charge is 0.321 e. The van der Waals surface area contributed by atoms with E-state index in [0.29, 0.717) is 5.56 Å². The number of piperazine rings is 1. The van der Waals surface area contributed by atoms with Crippen LogP contribution in [-0.4, -0.2) is 87.0 Å². The zero-order chi connectivity index (χ0) is 24.1. The first-order chi connectivity index (χ1) is 15.6. The number of nitrogens with zero attached hydrogens (tertiary/aromatic N) is 4. The molecule has 1 saturated heterocycles. The summed E-state index contributed by atoms with van der Waals surface area (Å²) in [7, 11) is -5.89. The van der Waals surface area contributed by atoms with E-state index in [1.165, 1.54) is 20.1 Å². The minimum absolute atomic E-state index is 0.103. The number of aromatic nitrogens is 2. The van der Waals surface area contributed by atoms with Crippen molar-refractivity contribution in [3.63, 3.8) is 0 Å². The number of amides is 1. The van der Waals surface area contributed by atoms with Gasteiger partial charge in [0.15, 0.2) is 6.61 Å². The summed E-state index contributed by atoms with van der Waals surface area (Å²) in [6.07, 6.45) is 2.41. The average Bonchev–Trinajstić information content (AvgIpc) is 3.24. The van der Waals surface area contributed by atoms with Crippen LogP contribution in [0.15, 0.2) is 47.6 Å². The molecule has 0 radical (unpaired) electrons. The highest BCUT2D eigenvalue weighted by Crippen LogP contribution is 2.14. The van der Waals surface area contributed by atoms with E-state index in [0.717, 1.165) is 6.20 Å². The predicted molar refractivity (Wildman–Crippen MR) is 117 cm³/mol. The lowest BCUT2D eigenvalue weighted by Gasteiger charge is -2.33. The molecular formula is C19H25N5O7S2. The van der Waals surface area contributed by atoms with Gasteiger partial charge in [0, 0.05) is 39.4 Å². The molecule has 1 aromatic heterocycles. The van der Waals surface area contributed by atoms with Crippen LogP contribution in [0.1, 0.15) is 5.56 Å². The Balaban J connectivity index is 1.41. The topological polar surface area (TPSA) is 148 Å². The number of rotatable bonds is 9. The van der Waals surface area contributed by atoms with E-state index in [2.05, 4.69) is 9.82 Å². The molecule has 1 fully saturated rings. The van der Waals surface area contributed by atoms with Crippen molar-refractivity contribution in [3.8, 4) is 0 Å². The fourth-order valence-corrected chi connectivity index (χ4v) is 5.62. The molecule has 1 aromatic carbocycles. The first kappa shape index (κ1) is 24.8. The maximum Gasteiger partial charge on any atom is 0.321 e. The molecular weight excluding hydrogens is 474 g/mol. The predicted octanol–water partition coefficient (Wildman–Crippen LogP) is -1.08.